The summed E-state index contributed by atoms with van der Waals surface area (Å²) in [5.74, 6) is 6.40. The predicted octanol–water partition coefficient (Wildman–Crippen LogP) is 1.59. The van der Waals surface area contributed by atoms with E-state index in [0.717, 1.165) is 17.0 Å². The SMILES string of the molecule is COc1cnn(C)c1C(NN)c1ccc(I)cc1. The van der Waals surface area contributed by atoms with Crippen molar-refractivity contribution in [1.82, 2.24) is 15.2 Å². The van der Waals surface area contributed by atoms with E-state index in [1.54, 1.807) is 18.0 Å². The molecule has 2 aromatic rings. The number of nitrogens with one attached hydrogen (secondary N) is 1. The number of rotatable bonds is 4. The molecule has 1 aromatic heterocycles. The maximum atomic E-state index is 5.68. The fourth-order valence-electron chi connectivity index (χ4n) is 1.90. The van der Waals surface area contributed by atoms with Crippen molar-refractivity contribution in [3.8, 4) is 5.75 Å². The molecule has 0 saturated heterocycles. The van der Waals surface area contributed by atoms with Crippen LogP contribution in [0, 0.1) is 3.57 Å². The number of ether oxygens (including phenoxy) is 1. The third-order valence-corrected chi connectivity index (χ3v) is 3.53. The van der Waals surface area contributed by atoms with Gasteiger partial charge in [-0.05, 0) is 40.3 Å². The van der Waals surface area contributed by atoms with Crippen LogP contribution in [0.25, 0.3) is 0 Å². The Morgan fingerprint density at radius 1 is 1.39 bits per heavy atom. The van der Waals surface area contributed by atoms with Gasteiger partial charge in [0.25, 0.3) is 0 Å². The number of nitrogens with zero attached hydrogens (tertiary/aromatic N) is 2. The van der Waals surface area contributed by atoms with E-state index in [0.29, 0.717) is 0 Å². The van der Waals surface area contributed by atoms with Crippen LogP contribution in [0.2, 0.25) is 0 Å². The van der Waals surface area contributed by atoms with E-state index in [4.69, 9.17) is 10.6 Å². The highest BCUT2D eigenvalue weighted by Gasteiger charge is 2.21. The van der Waals surface area contributed by atoms with Gasteiger partial charge >= 0.3 is 0 Å². The second-order valence-corrected chi connectivity index (χ2v) is 5.12. The lowest BCUT2D eigenvalue weighted by Gasteiger charge is -2.18. The van der Waals surface area contributed by atoms with Gasteiger partial charge in [-0.1, -0.05) is 12.1 Å². The van der Waals surface area contributed by atoms with E-state index in [1.807, 2.05) is 31.3 Å². The molecule has 1 aromatic carbocycles. The number of halogens is 1. The summed E-state index contributed by atoms with van der Waals surface area (Å²) in [6.07, 6.45) is 1.69. The number of hydrogen-bond acceptors (Lipinski definition) is 4. The molecule has 0 fully saturated rings. The van der Waals surface area contributed by atoms with Crippen molar-refractivity contribution in [2.24, 2.45) is 12.9 Å². The number of aryl methyl sites for hydroxylation is 1. The molecule has 2 rings (SSSR count). The second-order valence-electron chi connectivity index (χ2n) is 3.87. The Hall–Kier alpha value is -1.12. The lowest BCUT2D eigenvalue weighted by molar-refractivity contribution is 0.401. The van der Waals surface area contributed by atoms with Crippen LogP contribution >= 0.6 is 22.6 Å². The number of hydrogen-bond donors (Lipinski definition) is 2. The van der Waals surface area contributed by atoms with E-state index < -0.39 is 0 Å². The summed E-state index contributed by atoms with van der Waals surface area (Å²) in [5, 5.41) is 4.19. The Kier molecular flexibility index (Phi) is 4.20. The Morgan fingerprint density at radius 2 is 2.06 bits per heavy atom. The van der Waals surface area contributed by atoms with Crippen LogP contribution in [0.1, 0.15) is 17.3 Å². The molecule has 0 aliphatic rings. The van der Waals surface area contributed by atoms with Crippen molar-refractivity contribution in [1.29, 1.82) is 0 Å². The monoisotopic (exact) mass is 358 g/mol. The first-order chi connectivity index (χ1) is 8.67. The molecular weight excluding hydrogens is 343 g/mol. The van der Waals surface area contributed by atoms with Crippen molar-refractivity contribution in [3.05, 3.63) is 45.3 Å². The van der Waals surface area contributed by atoms with Crippen molar-refractivity contribution < 1.29 is 4.74 Å². The lowest BCUT2D eigenvalue weighted by Crippen LogP contribution is -2.30. The third kappa shape index (κ3) is 2.50. The number of methoxy groups -OCH3 is 1. The minimum atomic E-state index is -0.149. The minimum absolute atomic E-state index is 0.149. The van der Waals surface area contributed by atoms with Crippen molar-refractivity contribution in [3.63, 3.8) is 0 Å². The molecule has 0 bridgehead atoms. The van der Waals surface area contributed by atoms with Crippen molar-refractivity contribution in [2.45, 2.75) is 6.04 Å². The number of nitrogens with two attached hydrogens (primary N) is 1. The summed E-state index contributed by atoms with van der Waals surface area (Å²) in [7, 11) is 3.50. The quantitative estimate of drug-likeness (QED) is 0.495. The lowest BCUT2D eigenvalue weighted by atomic mass is 10.0. The first kappa shape index (κ1) is 13.3. The first-order valence-corrected chi connectivity index (χ1v) is 6.52. The summed E-state index contributed by atoms with van der Waals surface area (Å²) in [6.45, 7) is 0. The largest absolute Gasteiger partial charge is 0.493 e. The molecule has 1 unspecified atom stereocenters. The van der Waals surface area contributed by atoms with Crippen molar-refractivity contribution in [2.75, 3.05) is 7.11 Å². The average molecular weight is 358 g/mol. The molecular formula is C12H15IN4O. The van der Waals surface area contributed by atoms with Gasteiger partial charge in [-0.2, -0.15) is 5.10 Å². The molecule has 0 radical (unpaired) electrons. The van der Waals surface area contributed by atoms with Gasteiger partial charge in [-0.25, -0.2) is 5.43 Å². The van der Waals surface area contributed by atoms with Crippen LogP contribution in [0.4, 0.5) is 0 Å². The van der Waals surface area contributed by atoms with E-state index >= 15 is 0 Å². The second kappa shape index (κ2) is 5.68. The molecule has 1 atom stereocenters. The van der Waals surface area contributed by atoms with Crippen LogP contribution < -0.4 is 16.0 Å². The fourth-order valence-corrected chi connectivity index (χ4v) is 2.26. The van der Waals surface area contributed by atoms with Crippen molar-refractivity contribution >= 4 is 22.6 Å². The number of aromatic nitrogens is 2. The molecule has 96 valence electrons. The van der Waals surface area contributed by atoms with Crippen LogP contribution in [0.5, 0.6) is 5.75 Å². The van der Waals surface area contributed by atoms with Gasteiger partial charge in [0.1, 0.15) is 5.69 Å². The molecule has 0 spiro atoms. The summed E-state index contributed by atoms with van der Waals surface area (Å²) in [5.41, 5.74) is 4.79. The Morgan fingerprint density at radius 3 is 2.61 bits per heavy atom. The van der Waals surface area contributed by atoms with Crippen LogP contribution in [0.3, 0.4) is 0 Å². The van der Waals surface area contributed by atoms with Gasteiger partial charge in [0, 0.05) is 10.6 Å². The fraction of sp³-hybridized carbons (Fsp3) is 0.250. The van der Waals surface area contributed by atoms with Gasteiger partial charge in [0.2, 0.25) is 0 Å². The van der Waals surface area contributed by atoms with Crippen LogP contribution in [-0.4, -0.2) is 16.9 Å². The summed E-state index contributed by atoms with van der Waals surface area (Å²) in [4.78, 5) is 0. The Labute approximate surface area is 119 Å². The highest BCUT2D eigenvalue weighted by molar-refractivity contribution is 14.1. The molecule has 0 aliphatic heterocycles. The summed E-state index contributed by atoms with van der Waals surface area (Å²) < 4.78 is 8.26. The maximum Gasteiger partial charge on any atom is 0.161 e. The molecule has 0 aliphatic carbocycles. The standard InChI is InChI=1S/C12H15IN4O/c1-17-12(10(18-2)7-15-17)11(16-14)8-3-5-9(13)6-4-8/h3-7,11,16H,14H2,1-2H3. The van der Waals surface area contributed by atoms with Gasteiger partial charge in [0.15, 0.2) is 5.75 Å². The topological polar surface area (TPSA) is 65.1 Å². The number of hydrazine groups is 1. The van der Waals surface area contributed by atoms with E-state index in [-0.39, 0.29) is 6.04 Å². The number of benzene rings is 1. The first-order valence-electron chi connectivity index (χ1n) is 5.45. The van der Waals surface area contributed by atoms with Gasteiger partial charge in [0.05, 0.1) is 19.3 Å². The van der Waals surface area contributed by atoms with Crippen LogP contribution in [-0.2, 0) is 7.05 Å². The zero-order valence-electron chi connectivity index (χ0n) is 10.2. The maximum absolute atomic E-state index is 5.68. The molecule has 0 amide bonds. The van der Waals surface area contributed by atoms with Gasteiger partial charge in [-0.3, -0.25) is 10.5 Å². The highest BCUT2D eigenvalue weighted by Crippen LogP contribution is 2.29. The van der Waals surface area contributed by atoms with Gasteiger partial charge < -0.3 is 4.74 Å². The predicted molar refractivity (Wildman–Crippen MR) is 78.1 cm³/mol. The highest BCUT2D eigenvalue weighted by atomic mass is 127. The molecule has 6 heteroatoms. The smallest absolute Gasteiger partial charge is 0.161 e. The molecule has 0 saturated carbocycles. The van der Waals surface area contributed by atoms with Gasteiger partial charge in [-0.15, -0.1) is 0 Å². The summed E-state index contributed by atoms with van der Waals surface area (Å²) >= 11 is 2.27. The normalized spacial score (nSPS) is 12.4. The van der Waals surface area contributed by atoms with E-state index in [9.17, 15) is 0 Å². The Balaban J connectivity index is 2.44. The zero-order chi connectivity index (χ0) is 13.1. The van der Waals surface area contributed by atoms with Crippen LogP contribution in [0.15, 0.2) is 30.5 Å². The summed E-state index contributed by atoms with van der Waals surface area (Å²) in [6, 6.07) is 8.02. The molecule has 5 nitrogen and oxygen atoms in total. The molecule has 3 N–H and O–H groups in total. The zero-order valence-corrected chi connectivity index (χ0v) is 12.4. The average Bonchev–Trinajstić information content (AvgIpc) is 2.74. The van der Waals surface area contributed by atoms with E-state index in [1.165, 1.54) is 3.57 Å². The minimum Gasteiger partial charge on any atom is -0.493 e. The molecule has 18 heavy (non-hydrogen) atoms. The third-order valence-electron chi connectivity index (χ3n) is 2.81. The molecule has 1 heterocycles. The van der Waals surface area contributed by atoms with E-state index in [2.05, 4.69) is 33.1 Å². The Bertz CT molecular complexity index is 523.